The number of rotatable bonds is 15. The van der Waals surface area contributed by atoms with Crippen LogP contribution < -0.4 is 8.45 Å². The van der Waals surface area contributed by atoms with Gasteiger partial charge in [0.15, 0.2) is 15.9 Å². The van der Waals surface area contributed by atoms with E-state index in [1.54, 1.807) is 18.6 Å². The summed E-state index contributed by atoms with van der Waals surface area (Å²) in [5.74, 6) is -0.967. The number of alkyl halides is 3. The molecule has 4 aromatic rings. The molecule has 1 aliphatic heterocycles. The van der Waals surface area contributed by atoms with Gasteiger partial charge >= 0.3 is 129 Å². The van der Waals surface area contributed by atoms with Crippen molar-refractivity contribution in [1.82, 2.24) is 24.8 Å². The standard InChI is InChI=1S/C23H20F3N3O4S.C4H3N2.3C4H9.Sn/c1-14(23(24,25)26)33-21-6-5-18(34(2,31)32)10-19(21)22(30)29-12-16-4-3-15(9-17(16)13-29)20-11-27-7-8-28-20;1-2-6-4-3-5-1;3*1-3-4-2;/h3-11,14H,12-13H2,1-2H3;1-3H;3*1,3-4H2,2H3;/t14-;;;;;/m0...../s1. The molecule has 3 heterocycles. The van der Waals surface area contributed by atoms with Gasteiger partial charge in [0.25, 0.3) is 5.91 Å². The predicted octanol–water partition coefficient (Wildman–Crippen LogP) is 8.57. The van der Waals surface area contributed by atoms with Gasteiger partial charge in [-0.25, -0.2) is 8.42 Å². The SMILES string of the molecule is CCC[CH2][Sn]([CH2]CCC)([CH2]CCC)[c]1cnccn1.C[C@H](Oc1ccc(S(C)(=O)=O)cc1C(=O)N1Cc2ccc(-c3cnccn3)cc2C1)C(F)(F)F. The summed E-state index contributed by atoms with van der Waals surface area (Å²) < 4.78 is 74.1. The van der Waals surface area contributed by atoms with Gasteiger partial charge in [-0.1, -0.05) is 12.1 Å². The van der Waals surface area contributed by atoms with E-state index in [1.807, 2.05) is 30.6 Å². The largest absolute Gasteiger partial charge is 0.480 e. The Morgan fingerprint density at radius 2 is 1.45 bits per heavy atom. The smallest absolute Gasteiger partial charge is 0.425 e. The zero-order valence-corrected chi connectivity index (χ0v) is 34.9. The van der Waals surface area contributed by atoms with Crippen LogP contribution in [0.15, 0.2) is 78.5 Å². The normalized spacial score (nSPS) is 13.5. The van der Waals surface area contributed by atoms with Crippen LogP contribution in [0.25, 0.3) is 11.3 Å². The van der Waals surface area contributed by atoms with Crippen LogP contribution in [0.1, 0.15) is 87.7 Å². The van der Waals surface area contributed by atoms with Crippen LogP contribution >= 0.6 is 0 Å². The Bertz CT molecular complexity index is 1880. The van der Waals surface area contributed by atoms with Gasteiger partial charge in [-0.15, -0.1) is 0 Å². The van der Waals surface area contributed by atoms with E-state index in [0.717, 1.165) is 48.1 Å². The minimum Gasteiger partial charge on any atom is -0.480 e. The molecule has 0 bridgehead atoms. The molecule has 0 saturated carbocycles. The van der Waals surface area contributed by atoms with E-state index < -0.39 is 46.4 Å². The van der Waals surface area contributed by atoms with Crippen LogP contribution in [0.3, 0.4) is 0 Å². The van der Waals surface area contributed by atoms with Gasteiger partial charge in [-0.05, 0) is 42.3 Å². The molecule has 286 valence electrons. The number of hydrogen-bond donors (Lipinski definition) is 0. The molecule has 0 aliphatic carbocycles. The Hall–Kier alpha value is -3.59. The Morgan fingerprint density at radius 3 is 1.98 bits per heavy atom. The number of carbonyl (C=O) groups excluding carboxylic acids is 1. The number of carbonyl (C=O) groups is 1. The first-order chi connectivity index (χ1) is 25.2. The summed E-state index contributed by atoms with van der Waals surface area (Å²) in [6.07, 6.45) is 12.8. The number of sulfone groups is 1. The zero-order valence-electron chi connectivity index (χ0n) is 31.2. The van der Waals surface area contributed by atoms with Crippen LogP contribution in [0.2, 0.25) is 13.3 Å². The number of amides is 1. The van der Waals surface area contributed by atoms with Gasteiger partial charge < -0.3 is 9.64 Å². The molecule has 9 nitrogen and oxygen atoms in total. The Morgan fingerprint density at radius 1 is 0.849 bits per heavy atom. The molecule has 5 rings (SSSR count). The third-order valence-corrected chi connectivity index (χ3v) is 25.8. The summed E-state index contributed by atoms with van der Waals surface area (Å²) in [7, 11) is -3.71. The number of halogens is 3. The molecular weight excluding hydrogens is 810 g/mol. The van der Waals surface area contributed by atoms with E-state index in [0.29, 0.717) is 5.69 Å². The summed E-state index contributed by atoms with van der Waals surface area (Å²) in [5.41, 5.74) is 2.94. The van der Waals surface area contributed by atoms with E-state index in [4.69, 9.17) is 9.72 Å². The fourth-order valence-corrected chi connectivity index (χ4v) is 22.3. The molecule has 53 heavy (non-hydrogen) atoms. The van der Waals surface area contributed by atoms with Crippen LogP contribution in [0.4, 0.5) is 13.2 Å². The summed E-state index contributed by atoms with van der Waals surface area (Å²) in [4.78, 5) is 32.0. The first-order valence-electron chi connectivity index (χ1n) is 18.2. The molecule has 1 amide bonds. The van der Waals surface area contributed by atoms with Crippen LogP contribution in [0.5, 0.6) is 5.75 Å². The molecule has 0 N–H and O–H groups in total. The molecule has 0 radical (unpaired) electrons. The maximum atomic E-state index is 13.3. The van der Waals surface area contributed by atoms with Crippen molar-refractivity contribution >= 4 is 37.8 Å². The molecular formula is C39H50F3N5O4SSn. The van der Waals surface area contributed by atoms with Crippen molar-refractivity contribution in [3.63, 3.8) is 0 Å². The Kier molecular flexibility index (Phi) is 15.2. The second kappa shape index (κ2) is 19.1. The maximum absolute atomic E-state index is 13.3. The van der Waals surface area contributed by atoms with Crippen LogP contribution in [-0.4, -0.2) is 76.1 Å². The average Bonchev–Trinajstić information content (AvgIpc) is 3.58. The molecule has 14 heteroatoms. The topological polar surface area (TPSA) is 115 Å². The first kappa shape index (κ1) is 42.2. The monoisotopic (exact) mass is 861 g/mol. The number of unbranched alkanes of at least 4 members (excludes halogenated alkanes) is 3. The van der Waals surface area contributed by atoms with Crippen molar-refractivity contribution in [1.29, 1.82) is 0 Å². The Balaban J connectivity index is 0.000000281. The average molecular weight is 861 g/mol. The van der Waals surface area contributed by atoms with E-state index in [9.17, 15) is 26.4 Å². The zero-order chi connectivity index (χ0) is 38.6. The molecule has 0 spiro atoms. The van der Waals surface area contributed by atoms with Gasteiger partial charge in [0.2, 0.25) is 0 Å². The van der Waals surface area contributed by atoms with Gasteiger partial charge in [0.1, 0.15) is 5.75 Å². The number of ether oxygens (including phenoxy) is 1. The molecule has 1 atom stereocenters. The predicted molar refractivity (Wildman–Crippen MR) is 203 cm³/mol. The first-order valence-corrected chi connectivity index (χ1v) is 27.6. The molecule has 1 aliphatic rings. The number of nitrogens with zero attached hydrogens (tertiary/aromatic N) is 5. The molecule has 2 aromatic heterocycles. The molecule has 0 unspecified atom stereocenters. The minimum absolute atomic E-state index is 0.190. The number of fused-ring (bicyclic) bond motifs is 1. The van der Waals surface area contributed by atoms with E-state index in [-0.39, 0.29) is 29.3 Å². The van der Waals surface area contributed by atoms with Crippen molar-refractivity contribution in [2.45, 2.75) is 110 Å². The van der Waals surface area contributed by atoms with Crippen molar-refractivity contribution in [2.24, 2.45) is 0 Å². The van der Waals surface area contributed by atoms with Crippen molar-refractivity contribution in [3.8, 4) is 17.0 Å². The van der Waals surface area contributed by atoms with Crippen molar-refractivity contribution < 1.29 is 31.1 Å². The van der Waals surface area contributed by atoms with Gasteiger partial charge in [-0.3, -0.25) is 14.8 Å². The maximum Gasteiger partial charge on any atom is 0.425 e. The molecule has 0 fully saturated rings. The van der Waals surface area contributed by atoms with E-state index in [2.05, 4.69) is 41.9 Å². The summed E-state index contributed by atoms with van der Waals surface area (Å²) in [5, 5.41) is 0. The second-order valence-electron chi connectivity index (χ2n) is 13.6. The van der Waals surface area contributed by atoms with Crippen LogP contribution in [0, 0.1) is 0 Å². The fraction of sp³-hybridized carbons (Fsp3) is 0.462. The molecule has 2 aromatic carbocycles. The number of aromatic nitrogens is 4. The Labute approximate surface area is 315 Å². The second-order valence-corrected chi connectivity index (χ2v) is 28.7. The third-order valence-electron chi connectivity index (χ3n) is 9.58. The van der Waals surface area contributed by atoms with Crippen molar-refractivity contribution in [3.05, 3.63) is 90.3 Å². The fourth-order valence-electron chi connectivity index (χ4n) is 6.46. The van der Waals surface area contributed by atoms with E-state index in [1.165, 1.54) is 60.4 Å². The van der Waals surface area contributed by atoms with Gasteiger partial charge in [0, 0.05) is 37.3 Å². The van der Waals surface area contributed by atoms with Gasteiger partial charge in [-0.2, -0.15) is 13.2 Å². The van der Waals surface area contributed by atoms with Gasteiger partial charge in [0.05, 0.1) is 22.3 Å². The third kappa shape index (κ3) is 11.5. The van der Waals surface area contributed by atoms with Crippen LogP contribution in [-0.2, 0) is 22.9 Å². The summed E-state index contributed by atoms with van der Waals surface area (Å²) >= 11 is -2.27. The number of benzene rings is 2. The minimum atomic E-state index is -4.66. The quantitative estimate of drug-likeness (QED) is 0.109. The van der Waals surface area contributed by atoms with E-state index >= 15 is 0 Å². The number of hydrogen-bond acceptors (Lipinski definition) is 8. The summed E-state index contributed by atoms with van der Waals surface area (Å²) in [6, 6.07) is 8.84. The van der Waals surface area contributed by atoms with Crippen molar-refractivity contribution in [2.75, 3.05) is 6.26 Å². The molecule has 0 saturated heterocycles. The summed E-state index contributed by atoms with van der Waals surface area (Å²) in [6.45, 7) is 8.16.